The number of thiocarbonyl (C=S) groups is 1. The van der Waals surface area contributed by atoms with Gasteiger partial charge in [-0.1, -0.05) is 11.8 Å². The molecule has 110 valence electrons. The molecule has 0 saturated heterocycles. The summed E-state index contributed by atoms with van der Waals surface area (Å²) in [5.74, 6) is 1.02. The molecule has 0 aliphatic carbocycles. The predicted molar refractivity (Wildman–Crippen MR) is 84.5 cm³/mol. The molecule has 0 amide bonds. The molecule has 0 N–H and O–H groups in total. The molecular weight excluding hydrogens is 296 g/mol. The van der Waals surface area contributed by atoms with E-state index in [9.17, 15) is 4.79 Å². The van der Waals surface area contributed by atoms with Crippen LogP contribution in [-0.2, 0) is 9.53 Å². The van der Waals surface area contributed by atoms with Gasteiger partial charge in [0.1, 0.15) is 16.2 Å². The quantitative estimate of drug-likeness (QED) is 0.613. The number of hydrogen-bond acceptors (Lipinski definition) is 6. The average molecular weight is 314 g/mol. The maximum absolute atomic E-state index is 11.8. The Morgan fingerprint density at radius 1 is 1.25 bits per heavy atom. The first-order valence-corrected chi connectivity index (χ1v) is 7.33. The van der Waals surface area contributed by atoms with E-state index in [0.29, 0.717) is 12.4 Å². The molecule has 6 heteroatoms. The highest BCUT2D eigenvalue weighted by molar-refractivity contribution is 8.23. The Morgan fingerprint density at radius 3 is 2.30 bits per heavy atom. The second-order valence-corrected chi connectivity index (χ2v) is 6.59. The van der Waals surface area contributed by atoms with Crippen LogP contribution in [0.15, 0.2) is 24.3 Å². The fraction of sp³-hybridized carbons (Fsp3) is 0.429. The van der Waals surface area contributed by atoms with E-state index in [2.05, 4.69) is 0 Å². The molecule has 0 aliphatic rings. The molecule has 1 rings (SSSR count). The molecule has 1 aromatic carbocycles. The summed E-state index contributed by atoms with van der Waals surface area (Å²) in [4.78, 5) is 11.8. The van der Waals surface area contributed by atoms with E-state index in [0.717, 1.165) is 17.5 Å². The van der Waals surface area contributed by atoms with Crippen molar-refractivity contribution in [3.05, 3.63) is 24.3 Å². The van der Waals surface area contributed by atoms with Crippen molar-refractivity contribution >= 4 is 34.3 Å². The molecule has 0 radical (unpaired) electrons. The molecule has 0 unspecified atom stereocenters. The lowest BCUT2D eigenvalue weighted by molar-refractivity contribution is -0.145. The van der Waals surface area contributed by atoms with Crippen LogP contribution in [0.3, 0.4) is 0 Å². The minimum absolute atomic E-state index is 0.271. The Morgan fingerprint density at radius 2 is 1.80 bits per heavy atom. The van der Waals surface area contributed by atoms with Crippen LogP contribution >= 0.6 is 24.0 Å². The Balaban J connectivity index is 2.60. The topological polar surface area (TPSA) is 44.8 Å². The van der Waals surface area contributed by atoms with Gasteiger partial charge in [0.05, 0.1) is 13.7 Å². The summed E-state index contributed by atoms with van der Waals surface area (Å²) in [5.41, 5.74) is 0. The molecule has 0 aromatic heterocycles. The van der Waals surface area contributed by atoms with E-state index < -0.39 is 4.75 Å². The third kappa shape index (κ3) is 5.02. The number of methoxy groups -OCH3 is 1. The van der Waals surface area contributed by atoms with Crippen LogP contribution in [0.25, 0.3) is 0 Å². The summed E-state index contributed by atoms with van der Waals surface area (Å²) >= 11 is 6.31. The second kappa shape index (κ2) is 7.50. The second-order valence-electron chi connectivity index (χ2n) is 4.36. The number of hydrogen-bond donors (Lipinski definition) is 0. The molecule has 0 saturated carbocycles. The van der Waals surface area contributed by atoms with Gasteiger partial charge < -0.3 is 14.2 Å². The fourth-order valence-electron chi connectivity index (χ4n) is 1.32. The molecule has 0 bridgehead atoms. The molecule has 0 fully saturated rings. The van der Waals surface area contributed by atoms with Crippen molar-refractivity contribution < 1.29 is 19.0 Å². The van der Waals surface area contributed by atoms with E-state index in [4.69, 9.17) is 26.4 Å². The molecule has 0 aliphatic heterocycles. The molecule has 20 heavy (non-hydrogen) atoms. The molecular formula is C14H18O4S2. The van der Waals surface area contributed by atoms with E-state index in [-0.39, 0.29) is 10.4 Å². The number of benzene rings is 1. The van der Waals surface area contributed by atoms with Crippen molar-refractivity contribution in [2.75, 3.05) is 13.7 Å². The van der Waals surface area contributed by atoms with E-state index >= 15 is 0 Å². The van der Waals surface area contributed by atoms with Crippen LogP contribution in [0.1, 0.15) is 20.8 Å². The van der Waals surface area contributed by atoms with Crippen LogP contribution in [0.2, 0.25) is 0 Å². The Hall–Kier alpha value is -1.27. The third-order valence-electron chi connectivity index (χ3n) is 2.37. The van der Waals surface area contributed by atoms with Gasteiger partial charge in [0.25, 0.3) is 0 Å². The summed E-state index contributed by atoms with van der Waals surface area (Å²) in [7, 11) is 1.60. The zero-order valence-electron chi connectivity index (χ0n) is 12.0. The summed E-state index contributed by atoms with van der Waals surface area (Å²) < 4.78 is 15.1. The van der Waals surface area contributed by atoms with Crippen LogP contribution < -0.4 is 9.47 Å². The Labute approximate surface area is 128 Å². The number of thioether (sulfide) groups is 1. The molecule has 0 atom stereocenters. The molecule has 0 spiro atoms. The normalized spacial score (nSPS) is 10.8. The van der Waals surface area contributed by atoms with Gasteiger partial charge in [-0.05, 0) is 57.3 Å². The van der Waals surface area contributed by atoms with Crippen molar-refractivity contribution in [3.63, 3.8) is 0 Å². The van der Waals surface area contributed by atoms with E-state index in [1.165, 1.54) is 0 Å². The lowest BCUT2D eigenvalue weighted by atomic mass is 10.2. The summed E-state index contributed by atoms with van der Waals surface area (Å²) in [6.45, 7) is 5.61. The third-order valence-corrected chi connectivity index (χ3v) is 3.63. The first kappa shape index (κ1) is 16.8. The number of ether oxygens (including phenoxy) is 3. The smallest absolute Gasteiger partial charge is 0.322 e. The monoisotopic (exact) mass is 314 g/mol. The van der Waals surface area contributed by atoms with Crippen molar-refractivity contribution in [2.24, 2.45) is 0 Å². The van der Waals surface area contributed by atoms with Crippen molar-refractivity contribution in [3.8, 4) is 11.5 Å². The lowest BCUT2D eigenvalue weighted by Crippen LogP contribution is -2.32. The van der Waals surface area contributed by atoms with Crippen LogP contribution in [0.5, 0.6) is 11.5 Å². The van der Waals surface area contributed by atoms with Gasteiger partial charge in [-0.3, -0.25) is 4.79 Å². The molecule has 4 nitrogen and oxygen atoms in total. The van der Waals surface area contributed by atoms with Crippen molar-refractivity contribution in [1.82, 2.24) is 0 Å². The van der Waals surface area contributed by atoms with Gasteiger partial charge >= 0.3 is 5.97 Å². The van der Waals surface area contributed by atoms with Gasteiger partial charge in [0, 0.05) is 0 Å². The average Bonchev–Trinajstić information content (AvgIpc) is 2.39. The largest absolute Gasteiger partial charge is 0.497 e. The maximum Gasteiger partial charge on any atom is 0.322 e. The first-order valence-electron chi connectivity index (χ1n) is 6.11. The highest BCUT2D eigenvalue weighted by Crippen LogP contribution is 2.29. The minimum atomic E-state index is -0.778. The molecule has 1 aromatic rings. The summed E-state index contributed by atoms with van der Waals surface area (Å²) in [6, 6.07) is 7.06. The standard InChI is InChI=1S/C14H18O4S2/c1-5-17-12(15)14(2,3)20-13(19)18-11-8-6-10(16-4)7-9-11/h6-9H,5H2,1-4H3. The van der Waals surface area contributed by atoms with E-state index in [1.807, 2.05) is 0 Å². The van der Waals surface area contributed by atoms with Gasteiger partial charge in [0.15, 0.2) is 0 Å². The molecule has 0 heterocycles. The van der Waals surface area contributed by atoms with Crippen LogP contribution in [-0.4, -0.2) is 28.8 Å². The Bertz CT molecular complexity index is 469. The van der Waals surface area contributed by atoms with Gasteiger partial charge in [-0.2, -0.15) is 0 Å². The first-order chi connectivity index (χ1) is 9.39. The minimum Gasteiger partial charge on any atom is -0.497 e. The number of carbonyl (C=O) groups excluding carboxylic acids is 1. The predicted octanol–water partition coefficient (Wildman–Crippen LogP) is 3.43. The Kier molecular flexibility index (Phi) is 6.29. The number of rotatable bonds is 5. The zero-order valence-corrected chi connectivity index (χ0v) is 13.6. The van der Waals surface area contributed by atoms with Gasteiger partial charge in [-0.25, -0.2) is 0 Å². The summed E-state index contributed by atoms with van der Waals surface area (Å²) in [6.07, 6.45) is 0. The van der Waals surface area contributed by atoms with Crippen LogP contribution in [0, 0.1) is 0 Å². The number of esters is 1. The zero-order chi connectivity index (χ0) is 15.2. The van der Waals surface area contributed by atoms with Gasteiger partial charge in [-0.15, -0.1) is 0 Å². The summed E-state index contributed by atoms with van der Waals surface area (Å²) in [5, 5.41) is 0. The number of carbonyl (C=O) groups is 1. The van der Waals surface area contributed by atoms with E-state index in [1.54, 1.807) is 52.1 Å². The highest BCUT2D eigenvalue weighted by atomic mass is 32.2. The van der Waals surface area contributed by atoms with Gasteiger partial charge in [0.2, 0.25) is 4.38 Å². The SMILES string of the molecule is CCOC(=O)C(C)(C)SC(=S)Oc1ccc(OC)cc1. The fourth-order valence-corrected chi connectivity index (χ4v) is 2.73. The van der Waals surface area contributed by atoms with Crippen molar-refractivity contribution in [1.29, 1.82) is 0 Å². The van der Waals surface area contributed by atoms with Crippen LogP contribution in [0.4, 0.5) is 0 Å². The lowest BCUT2D eigenvalue weighted by Gasteiger charge is -2.21. The van der Waals surface area contributed by atoms with Crippen molar-refractivity contribution in [2.45, 2.75) is 25.5 Å². The maximum atomic E-state index is 11.8. The highest BCUT2D eigenvalue weighted by Gasteiger charge is 2.32.